The Morgan fingerprint density at radius 1 is 1.58 bits per heavy atom. The van der Waals surface area contributed by atoms with Crippen LogP contribution in [0.25, 0.3) is 0 Å². The molecular weight excluding hydrogens is 160 g/mol. The van der Waals surface area contributed by atoms with Gasteiger partial charge < -0.3 is 14.2 Å². The average molecular weight is 174 g/mol. The number of carbonyl (C=O) groups is 1. The molecule has 70 valence electrons. The maximum Gasteiger partial charge on any atom is 0.375 e. The van der Waals surface area contributed by atoms with Crippen molar-refractivity contribution in [2.45, 2.75) is 20.1 Å². The molecule has 0 amide bonds. The summed E-state index contributed by atoms with van der Waals surface area (Å²) in [6, 6.07) is 0. The Hall–Kier alpha value is -1.03. The summed E-state index contributed by atoms with van der Waals surface area (Å²) in [7, 11) is 1.36. The third-order valence-corrected chi connectivity index (χ3v) is 1.15. The highest BCUT2D eigenvalue weighted by atomic mass is 16.7. The van der Waals surface area contributed by atoms with Crippen LogP contribution in [0, 0.1) is 0 Å². The van der Waals surface area contributed by atoms with Crippen molar-refractivity contribution in [3.05, 3.63) is 12.3 Å². The number of hydrogen-bond donors (Lipinski definition) is 0. The van der Waals surface area contributed by atoms with E-state index >= 15 is 0 Å². The smallest absolute Gasteiger partial charge is 0.375 e. The molecule has 0 heterocycles. The lowest BCUT2D eigenvalue weighted by molar-refractivity contribution is -0.172. The summed E-state index contributed by atoms with van der Waals surface area (Å²) in [5.41, 5.74) is 0. The zero-order valence-electron chi connectivity index (χ0n) is 7.62. The maximum atomic E-state index is 10.9. The van der Waals surface area contributed by atoms with Crippen LogP contribution in [-0.4, -0.2) is 26.0 Å². The summed E-state index contributed by atoms with van der Waals surface area (Å²) < 4.78 is 14.3. The SMILES string of the molecule is C=C(OC)C(=O)OC(C)OCC. The number of rotatable bonds is 5. The molecule has 0 N–H and O–H groups in total. The molecule has 0 radical (unpaired) electrons. The number of esters is 1. The van der Waals surface area contributed by atoms with Crippen molar-refractivity contribution >= 4 is 5.97 Å². The van der Waals surface area contributed by atoms with Crippen molar-refractivity contribution in [2.24, 2.45) is 0 Å². The van der Waals surface area contributed by atoms with E-state index in [0.29, 0.717) is 6.61 Å². The summed E-state index contributed by atoms with van der Waals surface area (Å²) in [4.78, 5) is 10.9. The van der Waals surface area contributed by atoms with E-state index in [2.05, 4.69) is 11.3 Å². The van der Waals surface area contributed by atoms with E-state index in [4.69, 9.17) is 9.47 Å². The first-order chi connectivity index (χ1) is 5.61. The second-order valence-corrected chi connectivity index (χ2v) is 2.06. The molecule has 0 aromatic heterocycles. The van der Waals surface area contributed by atoms with Gasteiger partial charge in [0.2, 0.25) is 6.29 Å². The summed E-state index contributed by atoms with van der Waals surface area (Å²) in [6.45, 7) is 7.27. The maximum absolute atomic E-state index is 10.9. The molecule has 1 atom stereocenters. The zero-order chi connectivity index (χ0) is 9.56. The first-order valence-electron chi connectivity index (χ1n) is 3.67. The predicted octanol–water partition coefficient (Wildman–Crippen LogP) is 1.07. The number of hydrogen-bond acceptors (Lipinski definition) is 4. The predicted molar refractivity (Wildman–Crippen MR) is 43.3 cm³/mol. The van der Waals surface area contributed by atoms with E-state index < -0.39 is 12.3 Å². The standard InChI is InChI=1S/C8H14O4/c1-5-11-7(3)12-8(9)6(2)10-4/h7H,2,5H2,1,3-4H3. The van der Waals surface area contributed by atoms with Crippen LogP contribution in [0.3, 0.4) is 0 Å². The minimum atomic E-state index is -0.599. The van der Waals surface area contributed by atoms with Crippen LogP contribution in [-0.2, 0) is 19.0 Å². The summed E-state index contributed by atoms with van der Waals surface area (Å²) in [5.74, 6) is -0.625. The van der Waals surface area contributed by atoms with Gasteiger partial charge in [0.1, 0.15) is 0 Å². The minimum absolute atomic E-state index is 0.0263. The van der Waals surface area contributed by atoms with Crippen molar-refractivity contribution in [1.29, 1.82) is 0 Å². The highest BCUT2D eigenvalue weighted by molar-refractivity contribution is 5.85. The van der Waals surface area contributed by atoms with Crippen LogP contribution >= 0.6 is 0 Å². The van der Waals surface area contributed by atoms with Gasteiger partial charge in [-0.1, -0.05) is 0 Å². The summed E-state index contributed by atoms with van der Waals surface area (Å²) in [5, 5.41) is 0. The molecule has 12 heavy (non-hydrogen) atoms. The topological polar surface area (TPSA) is 44.8 Å². The first-order valence-corrected chi connectivity index (χ1v) is 3.67. The molecule has 0 fully saturated rings. The third-order valence-electron chi connectivity index (χ3n) is 1.15. The second kappa shape index (κ2) is 5.60. The van der Waals surface area contributed by atoms with Gasteiger partial charge in [0.15, 0.2) is 5.76 Å². The Balaban J connectivity index is 3.76. The van der Waals surface area contributed by atoms with Gasteiger partial charge >= 0.3 is 5.97 Å². The Labute approximate surface area is 72.1 Å². The van der Waals surface area contributed by atoms with Gasteiger partial charge in [-0.25, -0.2) is 4.79 Å². The summed E-state index contributed by atoms with van der Waals surface area (Å²) in [6.07, 6.45) is -0.561. The molecule has 0 saturated heterocycles. The monoisotopic (exact) mass is 174 g/mol. The van der Waals surface area contributed by atoms with E-state index in [1.54, 1.807) is 6.92 Å². The molecule has 1 unspecified atom stereocenters. The number of carbonyl (C=O) groups excluding carboxylic acids is 1. The minimum Gasteiger partial charge on any atom is -0.490 e. The Bertz CT molecular complexity index is 164. The molecule has 0 aliphatic heterocycles. The van der Waals surface area contributed by atoms with E-state index in [0.717, 1.165) is 0 Å². The van der Waals surface area contributed by atoms with Gasteiger partial charge in [-0.3, -0.25) is 0 Å². The Morgan fingerprint density at radius 3 is 2.58 bits per heavy atom. The van der Waals surface area contributed by atoms with Crippen molar-refractivity contribution in [3.63, 3.8) is 0 Å². The van der Waals surface area contributed by atoms with E-state index in [9.17, 15) is 4.79 Å². The fourth-order valence-corrected chi connectivity index (χ4v) is 0.569. The van der Waals surface area contributed by atoms with Gasteiger partial charge in [-0.2, -0.15) is 0 Å². The lowest BCUT2D eigenvalue weighted by Gasteiger charge is -2.12. The molecule has 4 nitrogen and oxygen atoms in total. The van der Waals surface area contributed by atoms with Gasteiger partial charge in [0.25, 0.3) is 0 Å². The molecule has 0 aliphatic carbocycles. The van der Waals surface area contributed by atoms with Crippen LogP contribution in [0.15, 0.2) is 12.3 Å². The highest BCUT2D eigenvalue weighted by Gasteiger charge is 2.12. The van der Waals surface area contributed by atoms with Crippen LogP contribution in [0.5, 0.6) is 0 Å². The van der Waals surface area contributed by atoms with Crippen molar-refractivity contribution < 1.29 is 19.0 Å². The fourth-order valence-electron chi connectivity index (χ4n) is 0.569. The van der Waals surface area contributed by atoms with Crippen LogP contribution < -0.4 is 0 Å². The fraction of sp³-hybridized carbons (Fsp3) is 0.625. The van der Waals surface area contributed by atoms with Gasteiger partial charge in [-0.15, -0.1) is 0 Å². The quantitative estimate of drug-likeness (QED) is 0.271. The first kappa shape index (κ1) is 11.0. The average Bonchev–Trinajstić information content (AvgIpc) is 2.03. The lowest BCUT2D eigenvalue weighted by Crippen LogP contribution is -2.19. The molecule has 0 bridgehead atoms. The molecular formula is C8H14O4. The van der Waals surface area contributed by atoms with Gasteiger partial charge in [0.05, 0.1) is 7.11 Å². The van der Waals surface area contributed by atoms with E-state index in [1.807, 2.05) is 6.92 Å². The van der Waals surface area contributed by atoms with Crippen LogP contribution in [0.2, 0.25) is 0 Å². The van der Waals surface area contributed by atoms with Crippen molar-refractivity contribution in [1.82, 2.24) is 0 Å². The van der Waals surface area contributed by atoms with E-state index in [-0.39, 0.29) is 5.76 Å². The molecule has 0 rings (SSSR count). The van der Waals surface area contributed by atoms with E-state index in [1.165, 1.54) is 7.11 Å². The molecule has 0 saturated carbocycles. The highest BCUT2D eigenvalue weighted by Crippen LogP contribution is 2.00. The van der Waals surface area contributed by atoms with Crippen molar-refractivity contribution in [3.8, 4) is 0 Å². The third kappa shape index (κ3) is 3.98. The molecule has 4 heteroatoms. The normalized spacial score (nSPS) is 11.9. The molecule has 0 aromatic rings. The number of ether oxygens (including phenoxy) is 3. The Kier molecular flexibility index (Phi) is 5.12. The molecule has 0 aliphatic rings. The van der Waals surface area contributed by atoms with Crippen LogP contribution in [0.1, 0.15) is 13.8 Å². The lowest BCUT2D eigenvalue weighted by atomic mass is 10.5. The second-order valence-electron chi connectivity index (χ2n) is 2.06. The largest absolute Gasteiger partial charge is 0.490 e. The Morgan fingerprint density at radius 2 is 2.17 bits per heavy atom. The summed E-state index contributed by atoms with van der Waals surface area (Å²) >= 11 is 0. The molecule has 0 aromatic carbocycles. The molecule has 0 spiro atoms. The van der Waals surface area contributed by atoms with Gasteiger partial charge in [-0.05, 0) is 20.4 Å². The van der Waals surface area contributed by atoms with Gasteiger partial charge in [0, 0.05) is 6.61 Å². The van der Waals surface area contributed by atoms with Crippen LogP contribution in [0.4, 0.5) is 0 Å². The zero-order valence-corrected chi connectivity index (χ0v) is 7.62. The van der Waals surface area contributed by atoms with Crippen molar-refractivity contribution in [2.75, 3.05) is 13.7 Å². The number of methoxy groups -OCH3 is 1.